The standard InChI is InChI=1S/C10H14N2O2/c1-2-3-4-5-6-12-8-9(13)11-7-10(12)14/h1H,3-8H2,(H,11,13). The molecule has 0 saturated carbocycles. The number of unbranched alkanes of at least 4 members (excludes halogenated alkanes) is 2. The zero-order valence-electron chi connectivity index (χ0n) is 8.08. The fraction of sp³-hybridized carbons (Fsp3) is 0.600. The van der Waals surface area contributed by atoms with Gasteiger partial charge in [0.15, 0.2) is 0 Å². The molecule has 2 amide bonds. The Kier molecular flexibility index (Phi) is 3.99. The van der Waals surface area contributed by atoms with Crippen LogP contribution in [0, 0.1) is 12.3 Å². The summed E-state index contributed by atoms with van der Waals surface area (Å²) in [6.45, 7) is 0.955. The maximum absolute atomic E-state index is 11.3. The van der Waals surface area contributed by atoms with Crippen LogP contribution in [0.25, 0.3) is 0 Å². The van der Waals surface area contributed by atoms with Crippen molar-refractivity contribution in [3.05, 3.63) is 0 Å². The molecule has 1 aliphatic rings. The molecule has 1 fully saturated rings. The molecule has 1 rings (SSSR count). The minimum atomic E-state index is -0.0819. The lowest BCUT2D eigenvalue weighted by Gasteiger charge is -2.26. The zero-order chi connectivity index (χ0) is 10.4. The molecule has 14 heavy (non-hydrogen) atoms. The van der Waals surface area contributed by atoms with Crippen LogP contribution in [0.1, 0.15) is 19.3 Å². The minimum absolute atomic E-state index is 0.00897. The highest BCUT2D eigenvalue weighted by atomic mass is 16.2. The minimum Gasteiger partial charge on any atom is -0.345 e. The maximum atomic E-state index is 11.3. The van der Waals surface area contributed by atoms with Gasteiger partial charge in [-0.15, -0.1) is 12.3 Å². The topological polar surface area (TPSA) is 49.4 Å². The molecule has 4 nitrogen and oxygen atoms in total. The summed E-state index contributed by atoms with van der Waals surface area (Å²) in [5.74, 6) is 2.45. The van der Waals surface area contributed by atoms with Crippen molar-refractivity contribution < 1.29 is 9.59 Å². The summed E-state index contributed by atoms with van der Waals surface area (Å²) in [5, 5.41) is 2.50. The molecule has 0 atom stereocenters. The summed E-state index contributed by atoms with van der Waals surface area (Å²) in [6.07, 6.45) is 7.60. The first-order valence-corrected chi connectivity index (χ1v) is 4.72. The Morgan fingerprint density at radius 3 is 2.93 bits per heavy atom. The average Bonchev–Trinajstić information content (AvgIpc) is 2.18. The number of piperazine rings is 1. The molecule has 4 heteroatoms. The van der Waals surface area contributed by atoms with Gasteiger partial charge in [-0.2, -0.15) is 0 Å². The molecule has 0 aromatic rings. The third-order valence-corrected chi connectivity index (χ3v) is 2.12. The fourth-order valence-electron chi connectivity index (χ4n) is 1.34. The van der Waals surface area contributed by atoms with Gasteiger partial charge in [-0.3, -0.25) is 9.59 Å². The van der Waals surface area contributed by atoms with Crippen molar-refractivity contribution in [1.29, 1.82) is 0 Å². The second-order valence-electron chi connectivity index (χ2n) is 3.25. The first kappa shape index (κ1) is 10.6. The molecule has 0 bridgehead atoms. The second-order valence-corrected chi connectivity index (χ2v) is 3.25. The van der Waals surface area contributed by atoms with Gasteiger partial charge in [0.1, 0.15) is 0 Å². The van der Waals surface area contributed by atoms with Crippen molar-refractivity contribution >= 4 is 11.8 Å². The van der Waals surface area contributed by atoms with E-state index in [-0.39, 0.29) is 24.9 Å². The highest BCUT2D eigenvalue weighted by molar-refractivity contribution is 5.92. The number of hydrogen-bond acceptors (Lipinski definition) is 2. The molecular weight excluding hydrogens is 180 g/mol. The van der Waals surface area contributed by atoms with Crippen molar-refractivity contribution in [2.75, 3.05) is 19.6 Å². The zero-order valence-corrected chi connectivity index (χ0v) is 8.08. The van der Waals surface area contributed by atoms with Gasteiger partial charge in [0.05, 0.1) is 13.1 Å². The van der Waals surface area contributed by atoms with Gasteiger partial charge in [0, 0.05) is 13.0 Å². The molecular formula is C10H14N2O2. The third kappa shape index (κ3) is 3.09. The number of hydrogen-bond donors (Lipinski definition) is 1. The monoisotopic (exact) mass is 194 g/mol. The lowest BCUT2D eigenvalue weighted by atomic mass is 10.2. The molecule has 0 aliphatic carbocycles. The molecule has 0 aromatic heterocycles. The van der Waals surface area contributed by atoms with Gasteiger partial charge in [0.2, 0.25) is 11.8 Å². The number of terminal acetylenes is 1. The van der Waals surface area contributed by atoms with Crippen LogP contribution < -0.4 is 5.32 Å². The SMILES string of the molecule is C#CCCCCN1CC(=O)NCC1=O. The summed E-state index contributed by atoms with van der Waals surface area (Å²) < 4.78 is 0. The van der Waals surface area contributed by atoms with Crippen LogP contribution in [0.3, 0.4) is 0 Å². The summed E-state index contributed by atoms with van der Waals surface area (Å²) in [5.41, 5.74) is 0. The molecule has 0 unspecified atom stereocenters. The average molecular weight is 194 g/mol. The van der Waals surface area contributed by atoms with E-state index in [0.29, 0.717) is 6.54 Å². The lowest BCUT2D eigenvalue weighted by Crippen LogP contribution is -2.51. The Morgan fingerprint density at radius 1 is 1.43 bits per heavy atom. The number of amides is 2. The molecule has 0 aromatic carbocycles. The van der Waals surface area contributed by atoms with Crippen LogP contribution in [0.4, 0.5) is 0 Å². The van der Waals surface area contributed by atoms with E-state index in [4.69, 9.17) is 6.42 Å². The molecule has 1 N–H and O–H groups in total. The van der Waals surface area contributed by atoms with Gasteiger partial charge in [-0.25, -0.2) is 0 Å². The quantitative estimate of drug-likeness (QED) is 0.495. The fourth-order valence-corrected chi connectivity index (χ4v) is 1.34. The van der Waals surface area contributed by atoms with Crippen molar-refractivity contribution in [2.45, 2.75) is 19.3 Å². The Morgan fingerprint density at radius 2 is 2.21 bits per heavy atom. The van der Waals surface area contributed by atoms with Gasteiger partial charge in [-0.1, -0.05) is 0 Å². The van der Waals surface area contributed by atoms with Crippen LogP contribution in [0.2, 0.25) is 0 Å². The van der Waals surface area contributed by atoms with E-state index in [1.807, 2.05) is 0 Å². The smallest absolute Gasteiger partial charge is 0.242 e. The van der Waals surface area contributed by atoms with E-state index in [0.717, 1.165) is 19.3 Å². The van der Waals surface area contributed by atoms with Crippen LogP contribution in [-0.2, 0) is 9.59 Å². The number of carbonyl (C=O) groups is 2. The second kappa shape index (κ2) is 5.28. The Bertz CT molecular complexity index is 268. The van der Waals surface area contributed by atoms with E-state index in [1.165, 1.54) is 0 Å². The first-order valence-electron chi connectivity index (χ1n) is 4.72. The third-order valence-electron chi connectivity index (χ3n) is 2.12. The molecule has 1 aliphatic heterocycles. The molecule has 0 radical (unpaired) electrons. The Balaban J connectivity index is 2.25. The molecule has 1 saturated heterocycles. The van der Waals surface area contributed by atoms with Crippen molar-refractivity contribution in [3.63, 3.8) is 0 Å². The van der Waals surface area contributed by atoms with E-state index in [2.05, 4.69) is 11.2 Å². The first-order chi connectivity index (χ1) is 6.74. The van der Waals surface area contributed by atoms with E-state index >= 15 is 0 Å². The van der Waals surface area contributed by atoms with Crippen molar-refractivity contribution in [3.8, 4) is 12.3 Å². The summed E-state index contributed by atoms with van der Waals surface area (Å²) in [7, 11) is 0. The summed E-state index contributed by atoms with van der Waals surface area (Å²) >= 11 is 0. The lowest BCUT2D eigenvalue weighted by molar-refractivity contribution is -0.140. The molecule has 1 heterocycles. The van der Waals surface area contributed by atoms with E-state index in [9.17, 15) is 9.59 Å². The number of carbonyl (C=O) groups excluding carboxylic acids is 2. The van der Waals surface area contributed by atoms with Crippen LogP contribution >= 0.6 is 0 Å². The summed E-state index contributed by atoms with van der Waals surface area (Å²) in [4.78, 5) is 23.8. The normalized spacial score (nSPS) is 16.4. The Hall–Kier alpha value is -1.50. The predicted octanol–water partition coefficient (Wildman–Crippen LogP) is -0.252. The highest BCUT2D eigenvalue weighted by Crippen LogP contribution is 2.01. The van der Waals surface area contributed by atoms with Crippen LogP contribution in [0.5, 0.6) is 0 Å². The number of nitrogens with zero attached hydrogens (tertiary/aromatic N) is 1. The van der Waals surface area contributed by atoms with Gasteiger partial charge < -0.3 is 10.2 Å². The van der Waals surface area contributed by atoms with E-state index < -0.39 is 0 Å². The van der Waals surface area contributed by atoms with Crippen LogP contribution in [0.15, 0.2) is 0 Å². The number of rotatable bonds is 4. The van der Waals surface area contributed by atoms with E-state index in [1.54, 1.807) is 4.90 Å². The molecule has 0 spiro atoms. The van der Waals surface area contributed by atoms with Gasteiger partial charge >= 0.3 is 0 Å². The molecule has 76 valence electrons. The Labute approximate surface area is 83.6 Å². The van der Waals surface area contributed by atoms with Gasteiger partial charge in [-0.05, 0) is 12.8 Å². The number of nitrogens with one attached hydrogen (secondary N) is 1. The summed E-state index contributed by atoms with van der Waals surface area (Å²) in [6, 6.07) is 0. The maximum Gasteiger partial charge on any atom is 0.242 e. The predicted molar refractivity (Wildman–Crippen MR) is 52.3 cm³/mol. The van der Waals surface area contributed by atoms with Crippen molar-refractivity contribution in [1.82, 2.24) is 10.2 Å². The highest BCUT2D eigenvalue weighted by Gasteiger charge is 2.21. The van der Waals surface area contributed by atoms with Crippen molar-refractivity contribution in [2.24, 2.45) is 0 Å². The van der Waals surface area contributed by atoms with Crippen LogP contribution in [-0.4, -0.2) is 36.3 Å². The largest absolute Gasteiger partial charge is 0.345 e. The van der Waals surface area contributed by atoms with Gasteiger partial charge in [0.25, 0.3) is 0 Å².